The van der Waals surface area contributed by atoms with E-state index in [4.69, 9.17) is 5.11 Å². The van der Waals surface area contributed by atoms with Crippen molar-refractivity contribution in [1.29, 1.82) is 0 Å². The van der Waals surface area contributed by atoms with Gasteiger partial charge >= 0.3 is 0 Å². The van der Waals surface area contributed by atoms with Crippen molar-refractivity contribution in [1.82, 2.24) is 4.90 Å². The van der Waals surface area contributed by atoms with Gasteiger partial charge in [0.1, 0.15) is 5.78 Å². The highest BCUT2D eigenvalue weighted by atomic mass is 16.2. The summed E-state index contributed by atoms with van der Waals surface area (Å²) in [7, 11) is 0. The van der Waals surface area contributed by atoms with Gasteiger partial charge in [-0.2, -0.15) is 0 Å². The minimum Gasteiger partial charge on any atom is -0.396 e. The van der Waals surface area contributed by atoms with Crippen molar-refractivity contribution < 1.29 is 9.90 Å². The van der Waals surface area contributed by atoms with Gasteiger partial charge in [0.15, 0.2) is 0 Å². The number of carbonyl (C=O) groups is 1. The van der Waals surface area contributed by atoms with Gasteiger partial charge in [0.2, 0.25) is 0 Å². The van der Waals surface area contributed by atoms with Crippen LogP contribution in [-0.4, -0.2) is 41.5 Å². The van der Waals surface area contributed by atoms with E-state index in [1.54, 1.807) is 0 Å². The van der Waals surface area contributed by atoms with E-state index in [-0.39, 0.29) is 12.5 Å². The Morgan fingerprint density at radius 3 is 2.20 bits per heavy atom. The quantitative estimate of drug-likeness (QED) is 0.626. The van der Waals surface area contributed by atoms with Crippen molar-refractivity contribution in [3.63, 3.8) is 0 Å². The molecule has 0 radical (unpaired) electrons. The summed E-state index contributed by atoms with van der Waals surface area (Å²) in [5, 5.41) is 8.70. The molecule has 0 aliphatic rings. The summed E-state index contributed by atoms with van der Waals surface area (Å²) >= 11 is 0. The highest BCUT2D eigenvalue weighted by Crippen LogP contribution is 2.04. The van der Waals surface area contributed by atoms with Crippen LogP contribution in [0.3, 0.4) is 0 Å². The molecule has 0 fully saturated rings. The normalized spacial score (nSPS) is 11.7. The molecule has 90 valence electrons. The Labute approximate surface area is 93.5 Å². The lowest BCUT2D eigenvalue weighted by Gasteiger charge is -2.26. The van der Waals surface area contributed by atoms with E-state index in [1.807, 2.05) is 13.8 Å². The number of aliphatic hydroxyl groups is 1. The second-order valence-electron chi connectivity index (χ2n) is 4.62. The van der Waals surface area contributed by atoms with Gasteiger partial charge in [0, 0.05) is 18.6 Å². The zero-order chi connectivity index (χ0) is 11.8. The van der Waals surface area contributed by atoms with E-state index in [2.05, 4.69) is 18.7 Å². The molecular formula is C12H25NO2. The van der Waals surface area contributed by atoms with Crippen molar-refractivity contribution in [2.24, 2.45) is 5.92 Å². The Balaban J connectivity index is 3.99. The largest absolute Gasteiger partial charge is 0.396 e. The number of hydrogen-bond donors (Lipinski definition) is 1. The Morgan fingerprint density at radius 2 is 1.80 bits per heavy atom. The first-order valence-corrected chi connectivity index (χ1v) is 5.86. The molecule has 0 unspecified atom stereocenters. The fourth-order valence-corrected chi connectivity index (χ4v) is 1.33. The molecule has 0 aromatic heterocycles. The molecule has 0 aliphatic carbocycles. The Morgan fingerprint density at radius 1 is 1.20 bits per heavy atom. The maximum absolute atomic E-state index is 11.6. The summed E-state index contributed by atoms with van der Waals surface area (Å²) in [6.45, 7) is 9.77. The summed E-state index contributed by atoms with van der Waals surface area (Å²) in [5.41, 5.74) is 0. The average molecular weight is 215 g/mol. The molecule has 0 bridgehead atoms. The number of rotatable bonds is 8. The molecule has 3 heteroatoms. The number of Topliss-reactive ketones (excluding diaryl/α,β-unsaturated/α-hetero) is 1. The van der Waals surface area contributed by atoms with E-state index >= 15 is 0 Å². The number of carbonyl (C=O) groups excluding carboxylic acids is 1. The molecule has 0 rings (SSSR count). The zero-order valence-corrected chi connectivity index (χ0v) is 10.5. The van der Waals surface area contributed by atoms with Gasteiger partial charge in [0.05, 0.1) is 6.54 Å². The van der Waals surface area contributed by atoms with Crippen LogP contribution in [0.4, 0.5) is 0 Å². The molecule has 1 N–H and O–H groups in total. The molecule has 0 saturated carbocycles. The van der Waals surface area contributed by atoms with Gasteiger partial charge in [-0.1, -0.05) is 13.8 Å². The molecule has 0 aliphatic heterocycles. The van der Waals surface area contributed by atoms with Gasteiger partial charge in [0.25, 0.3) is 0 Å². The molecule has 0 spiro atoms. The molecule has 0 amide bonds. The summed E-state index contributed by atoms with van der Waals surface area (Å²) in [5.74, 6) is 0.414. The first-order chi connectivity index (χ1) is 6.99. The smallest absolute Gasteiger partial charge is 0.149 e. The first-order valence-electron chi connectivity index (χ1n) is 5.86. The van der Waals surface area contributed by atoms with Gasteiger partial charge < -0.3 is 5.11 Å². The maximum atomic E-state index is 11.6. The van der Waals surface area contributed by atoms with Crippen molar-refractivity contribution in [3.05, 3.63) is 0 Å². The Bertz CT molecular complexity index is 178. The maximum Gasteiger partial charge on any atom is 0.149 e. The van der Waals surface area contributed by atoms with Crippen molar-refractivity contribution >= 4 is 5.78 Å². The lowest BCUT2D eigenvalue weighted by molar-refractivity contribution is -0.123. The van der Waals surface area contributed by atoms with Crippen LogP contribution in [0, 0.1) is 5.92 Å². The topological polar surface area (TPSA) is 40.5 Å². The predicted octanol–water partition coefficient (Wildman–Crippen LogP) is 1.69. The van der Waals surface area contributed by atoms with Crippen LogP contribution in [0.15, 0.2) is 0 Å². The van der Waals surface area contributed by atoms with Crippen LogP contribution in [0.5, 0.6) is 0 Å². The highest BCUT2D eigenvalue weighted by Gasteiger charge is 2.15. The van der Waals surface area contributed by atoms with Crippen LogP contribution in [0.1, 0.15) is 40.5 Å². The zero-order valence-electron chi connectivity index (χ0n) is 10.5. The van der Waals surface area contributed by atoms with Crippen LogP contribution >= 0.6 is 0 Å². The molecular weight excluding hydrogens is 190 g/mol. The van der Waals surface area contributed by atoms with Crippen molar-refractivity contribution in [2.75, 3.05) is 19.7 Å². The summed E-state index contributed by atoms with van der Waals surface area (Å²) < 4.78 is 0. The second-order valence-corrected chi connectivity index (χ2v) is 4.62. The van der Waals surface area contributed by atoms with Gasteiger partial charge in [-0.05, 0) is 33.2 Å². The monoisotopic (exact) mass is 215 g/mol. The van der Waals surface area contributed by atoms with E-state index in [0.717, 1.165) is 19.4 Å². The number of ketones is 1. The van der Waals surface area contributed by atoms with E-state index in [0.29, 0.717) is 18.4 Å². The molecule has 0 aromatic carbocycles. The fourth-order valence-electron chi connectivity index (χ4n) is 1.33. The summed E-state index contributed by atoms with van der Waals surface area (Å²) in [4.78, 5) is 13.8. The SMILES string of the molecule is CC(C)C(=O)CN(CCCCO)C(C)C. The van der Waals surface area contributed by atoms with Gasteiger partial charge in [-0.15, -0.1) is 0 Å². The number of hydrogen-bond acceptors (Lipinski definition) is 3. The molecule has 3 nitrogen and oxygen atoms in total. The number of nitrogens with zero attached hydrogens (tertiary/aromatic N) is 1. The Kier molecular flexibility index (Phi) is 7.61. The minimum atomic E-state index is 0.115. The highest BCUT2D eigenvalue weighted by molar-refractivity contribution is 5.82. The van der Waals surface area contributed by atoms with E-state index in [1.165, 1.54) is 0 Å². The van der Waals surface area contributed by atoms with E-state index < -0.39 is 0 Å². The number of unbranched alkanes of at least 4 members (excludes halogenated alkanes) is 1. The third kappa shape index (κ3) is 6.63. The predicted molar refractivity (Wildman–Crippen MR) is 62.9 cm³/mol. The summed E-state index contributed by atoms with van der Waals surface area (Å²) in [6.07, 6.45) is 1.78. The molecule has 0 saturated heterocycles. The van der Waals surface area contributed by atoms with Crippen LogP contribution < -0.4 is 0 Å². The minimum absolute atomic E-state index is 0.115. The molecule has 0 heterocycles. The first kappa shape index (κ1) is 14.6. The van der Waals surface area contributed by atoms with E-state index in [9.17, 15) is 4.79 Å². The number of aliphatic hydroxyl groups excluding tert-OH is 1. The summed E-state index contributed by atoms with van der Waals surface area (Å²) in [6, 6.07) is 0.395. The lowest BCUT2D eigenvalue weighted by Crippen LogP contribution is -2.37. The third-order valence-corrected chi connectivity index (χ3v) is 2.59. The average Bonchev–Trinajstić information content (AvgIpc) is 2.15. The standard InChI is InChI=1S/C12H25NO2/c1-10(2)12(15)9-13(11(3)4)7-5-6-8-14/h10-11,14H,5-9H2,1-4H3. The fraction of sp³-hybridized carbons (Fsp3) is 0.917. The van der Waals surface area contributed by atoms with Gasteiger partial charge in [-0.25, -0.2) is 0 Å². The van der Waals surface area contributed by atoms with Crippen LogP contribution in [0.2, 0.25) is 0 Å². The molecule has 0 atom stereocenters. The third-order valence-electron chi connectivity index (χ3n) is 2.59. The second kappa shape index (κ2) is 7.83. The van der Waals surface area contributed by atoms with Crippen LogP contribution in [0.25, 0.3) is 0 Å². The Hall–Kier alpha value is -0.410. The van der Waals surface area contributed by atoms with Crippen molar-refractivity contribution in [2.45, 2.75) is 46.6 Å². The molecule has 15 heavy (non-hydrogen) atoms. The van der Waals surface area contributed by atoms with Crippen LogP contribution in [-0.2, 0) is 4.79 Å². The molecule has 0 aromatic rings. The lowest BCUT2D eigenvalue weighted by atomic mass is 10.1. The van der Waals surface area contributed by atoms with Gasteiger partial charge in [-0.3, -0.25) is 9.69 Å². The van der Waals surface area contributed by atoms with Crippen molar-refractivity contribution in [3.8, 4) is 0 Å².